The van der Waals surface area contributed by atoms with Gasteiger partial charge in [-0.15, -0.1) is 11.3 Å². The van der Waals surface area contributed by atoms with Gasteiger partial charge in [-0.05, 0) is 188 Å². The molecule has 0 unspecified atom stereocenters. The normalized spacial score (nSPS) is 17.3. The van der Waals surface area contributed by atoms with E-state index in [0.717, 1.165) is 6.42 Å². The molecule has 0 amide bonds. The van der Waals surface area contributed by atoms with E-state index in [-0.39, 0.29) is 28.5 Å². The molecule has 74 heavy (non-hydrogen) atoms. The Balaban J connectivity index is 1.19. The number of aryl methyl sites for hydroxylation is 1. The molecular weight excluding hydrogens is 912 g/mol. The maximum Gasteiger partial charge on any atom is 0.343 e. The van der Waals surface area contributed by atoms with Crippen molar-refractivity contribution in [2.75, 3.05) is 9.71 Å². The Morgan fingerprint density at radius 3 is 1.68 bits per heavy atom. The van der Waals surface area contributed by atoms with Gasteiger partial charge in [0.1, 0.15) is 0 Å². The average Bonchev–Trinajstić information content (AvgIpc) is 3.80. The van der Waals surface area contributed by atoms with Crippen LogP contribution in [0.2, 0.25) is 0 Å². The summed E-state index contributed by atoms with van der Waals surface area (Å²) in [6, 6.07) is 66.1. The van der Waals surface area contributed by atoms with Gasteiger partial charge in [0.2, 0.25) is 0 Å². The monoisotopic (exact) mass is 981 g/mol. The summed E-state index contributed by atoms with van der Waals surface area (Å²) in [5.74, 6) is 0. The van der Waals surface area contributed by atoms with Crippen molar-refractivity contribution in [1.29, 1.82) is 0 Å². The molecule has 3 heterocycles. The lowest BCUT2D eigenvalue weighted by molar-refractivity contribution is 0.332. The molecule has 368 valence electrons. The SMILES string of the molecule is CCCCc1ccc(N2c3cc(-c4ccccc4)cc4c3B(c3sc5cc6c(cc5c32)C(C)(C)CCC6(C)C)N(c2ccc3c(c2)C(C)(C)CCC3(C)C)c2ccc(-c3ccccc3)cc2-4)c(-c2ccccc2)c1. The summed E-state index contributed by atoms with van der Waals surface area (Å²) in [4.78, 5) is 5.53. The van der Waals surface area contributed by atoms with Gasteiger partial charge in [0, 0.05) is 43.1 Å². The van der Waals surface area contributed by atoms with Gasteiger partial charge in [-0.25, -0.2) is 0 Å². The Kier molecular flexibility index (Phi) is 11.0. The molecule has 0 bridgehead atoms. The van der Waals surface area contributed by atoms with Gasteiger partial charge in [0.25, 0.3) is 0 Å². The Labute approximate surface area is 445 Å². The molecule has 8 aromatic carbocycles. The third kappa shape index (κ3) is 7.48. The van der Waals surface area contributed by atoms with Crippen LogP contribution in [0.4, 0.5) is 28.4 Å². The van der Waals surface area contributed by atoms with Crippen LogP contribution in [0.1, 0.15) is 129 Å². The molecule has 2 aliphatic carbocycles. The first kappa shape index (κ1) is 47.1. The van der Waals surface area contributed by atoms with Gasteiger partial charge < -0.3 is 9.71 Å². The van der Waals surface area contributed by atoms with Crippen LogP contribution in [-0.4, -0.2) is 6.85 Å². The van der Waals surface area contributed by atoms with E-state index in [1.807, 2.05) is 11.3 Å². The van der Waals surface area contributed by atoms with Crippen LogP contribution in [0.5, 0.6) is 0 Å². The molecule has 4 aliphatic rings. The first-order valence-electron chi connectivity index (χ1n) is 27.6. The molecule has 0 spiro atoms. The van der Waals surface area contributed by atoms with E-state index in [1.165, 1.54) is 160 Å². The number of unbranched alkanes of at least 4 members (excludes halogenated alkanes) is 1. The minimum absolute atomic E-state index is 0.0467. The number of nitrogens with zero attached hydrogens (tertiary/aromatic N) is 2. The highest BCUT2D eigenvalue weighted by atomic mass is 32.1. The average molecular weight is 981 g/mol. The number of rotatable bonds is 8. The highest BCUT2D eigenvalue weighted by Gasteiger charge is 2.49. The fourth-order valence-electron chi connectivity index (χ4n) is 13.5. The zero-order valence-electron chi connectivity index (χ0n) is 45.0. The maximum absolute atomic E-state index is 2.78. The summed E-state index contributed by atoms with van der Waals surface area (Å²) in [6.45, 7) is 22.0. The van der Waals surface area contributed by atoms with Crippen LogP contribution in [0.3, 0.4) is 0 Å². The molecular formula is C70H69BN2S. The largest absolute Gasteiger partial charge is 0.376 e. The third-order valence-electron chi connectivity index (χ3n) is 18.1. The van der Waals surface area contributed by atoms with Gasteiger partial charge in [0.05, 0.1) is 11.4 Å². The smallest absolute Gasteiger partial charge is 0.343 e. The Morgan fingerprint density at radius 2 is 1.03 bits per heavy atom. The van der Waals surface area contributed by atoms with Gasteiger partial charge in [-0.3, -0.25) is 0 Å². The quantitative estimate of drug-likeness (QED) is 0.140. The lowest BCUT2D eigenvalue weighted by Crippen LogP contribution is -2.60. The van der Waals surface area contributed by atoms with E-state index in [1.54, 1.807) is 0 Å². The van der Waals surface area contributed by atoms with Crippen LogP contribution >= 0.6 is 11.3 Å². The van der Waals surface area contributed by atoms with E-state index in [0.29, 0.717) is 0 Å². The van der Waals surface area contributed by atoms with Crippen LogP contribution in [0.15, 0.2) is 170 Å². The lowest BCUT2D eigenvalue weighted by atomic mass is 9.46. The lowest BCUT2D eigenvalue weighted by Gasteiger charge is -2.46. The molecule has 4 heteroatoms. The predicted octanol–water partition coefficient (Wildman–Crippen LogP) is 18.7. The molecule has 2 aliphatic heterocycles. The minimum atomic E-state index is -0.0941. The van der Waals surface area contributed by atoms with E-state index in [4.69, 9.17) is 0 Å². The molecule has 0 saturated carbocycles. The zero-order chi connectivity index (χ0) is 50.9. The highest BCUT2D eigenvalue weighted by Crippen LogP contribution is 2.56. The fourth-order valence-corrected chi connectivity index (χ4v) is 14.9. The summed E-state index contributed by atoms with van der Waals surface area (Å²) >= 11 is 2.05. The molecule has 0 saturated heterocycles. The van der Waals surface area contributed by atoms with Crippen molar-refractivity contribution in [1.82, 2.24) is 0 Å². The molecule has 2 nitrogen and oxygen atoms in total. The van der Waals surface area contributed by atoms with Crippen molar-refractivity contribution < 1.29 is 0 Å². The van der Waals surface area contributed by atoms with E-state index >= 15 is 0 Å². The van der Waals surface area contributed by atoms with Gasteiger partial charge in [-0.1, -0.05) is 178 Å². The van der Waals surface area contributed by atoms with Gasteiger partial charge in [-0.2, -0.15) is 0 Å². The number of hydrogen-bond acceptors (Lipinski definition) is 3. The third-order valence-corrected chi connectivity index (χ3v) is 19.3. The first-order chi connectivity index (χ1) is 35.6. The molecule has 13 rings (SSSR count). The summed E-state index contributed by atoms with van der Waals surface area (Å²) < 4.78 is 2.78. The van der Waals surface area contributed by atoms with Crippen LogP contribution < -0.4 is 20.0 Å². The number of anilines is 5. The number of thiophene rings is 1. The number of hydrogen-bond donors (Lipinski definition) is 0. The standard InChI is InChI=1S/C70H69BN2S/c1-10-11-21-45-28-32-60(52(38-45)48-26-19-14-20-27-48)72-62-41-50(47-24-17-13-18-25-47)40-54-53-39-49(46-22-15-12-16-23-46)29-33-61(53)73(51-30-31-56-57(42-51)68(4,5)35-34-67(56,2)3)71(64(54)62)66-65(72)55-43-58-59(44-63(55)74-66)70(8,9)37-36-69(58,6)7/h12-20,22-33,38-44H,10-11,21,34-37H2,1-9H3. The topological polar surface area (TPSA) is 6.48 Å². The minimum Gasteiger partial charge on any atom is -0.376 e. The van der Waals surface area contributed by atoms with Crippen LogP contribution in [0.25, 0.3) is 54.6 Å². The molecule has 0 radical (unpaired) electrons. The number of fused-ring (bicyclic) bond motifs is 8. The fraction of sp³-hybridized carbons (Fsp3) is 0.286. The number of benzene rings is 8. The second kappa shape index (κ2) is 17.2. The Morgan fingerprint density at radius 1 is 0.459 bits per heavy atom. The van der Waals surface area contributed by atoms with E-state index < -0.39 is 0 Å². The van der Waals surface area contributed by atoms with Crippen molar-refractivity contribution in [2.24, 2.45) is 0 Å². The van der Waals surface area contributed by atoms with Gasteiger partial charge in [0.15, 0.2) is 0 Å². The summed E-state index contributed by atoms with van der Waals surface area (Å²) in [6.07, 6.45) is 8.10. The molecule has 1 aromatic heterocycles. The Hall–Kier alpha value is -6.62. The summed E-state index contributed by atoms with van der Waals surface area (Å²) in [7, 11) is 0. The van der Waals surface area contributed by atoms with Crippen LogP contribution in [-0.2, 0) is 28.1 Å². The van der Waals surface area contributed by atoms with E-state index in [2.05, 4.69) is 242 Å². The van der Waals surface area contributed by atoms with Crippen molar-refractivity contribution >= 4 is 66.9 Å². The second-order valence-corrected chi connectivity index (χ2v) is 25.9. The second-order valence-electron chi connectivity index (χ2n) is 24.8. The summed E-state index contributed by atoms with van der Waals surface area (Å²) in [5, 5.41) is 1.36. The highest BCUT2D eigenvalue weighted by molar-refractivity contribution is 7.32. The molecule has 0 N–H and O–H groups in total. The van der Waals surface area contributed by atoms with Gasteiger partial charge >= 0.3 is 6.85 Å². The maximum atomic E-state index is 2.78. The Bertz CT molecular complexity index is 3670. The molecule has 0 atom stereocenters. The van der Waals surface area contributed by atoms with Crippen molar-refractivity contribution in [2.45, 2.75) is 129 Å². The molecule has 0 fully saturated rings. The van der Waals surface area contributed by atoms with E-state index in [9.17, 15) is 0 Å². The van der Waals surface area contributed by atoms with Crippen molar-refractivity contribution in [3.05, 3.63) is 198 Å². The van der Waals surface area contributed by atoms with Crippen LogP contribution in [0, 0.1) is 0 Å². The first-order valence-corrected chi connectivity index (χ1v) is 28.4. The van der Waals surface area contributed by atoms with Crippen molar-refractivity contribution in [3.8, 4) is 44.5 Å². The van der Waals surface area contributed by atoms with Crippen molar-refractivity contribution in [3.63, 3.8) is 0 Å². The predicted molar refractivity (Wildman–Crippen MR) is 321 cm³/mol. The zero-order valence-corrected chi connectivity index (χ0v) is 45.8. The molecule has 9 aromatic rings. The summed E-state index contributed by atoms with van der Waals surface area (Å²) in [5.41, 5.74) is 25.4.